The van der Waals surface area contributed by atoms with E-state index in [1.165, 1.54) is 103 Å². The Morgan fingerprint density at radius 1 is 0.907 bits per heavy atom. The number of pyridine rings is 1. The zero-order valence-electron chi connectivity index (χ0n) is 32.4. The minimum atomic E-state index is -2.09. The fraction of sp³-hybridized carbons (Fsp3) is 0.700. The normalized spacial score (nSPS) is 18.1. The molecule has 14 heteroatoms. The van der Waals surface area contributed by atoms with Crippen molar-refractivity contribution >= 4 is 14.4 Å². The number of fused-ring (bicyclic) bond motifs is 1. The number of hydrogen-bond donors (Lipinski definition) is 4. The Kier molecular flexibility index (Phi) is 23.0. The summed E-state index contributed by atoms with van der Waals surface area (Å²) in [6.07, 6.45) is 24.8. The minimum absolute atomic E-state index is 0.0530. The maximum Gasteiger partial charge on any atom is 0.329 e. The molecule has 2 aliphatic rings. The number of rotatable bonds is 27. The highest BCUT2D eigenvalue weighted by Crippen LogP contribution is 2.43. The first-order valence-corrected chi connectivity index (χ1v) is 21.2. The molecule has 4 rings (SSSR count). The van der Waals surface area contributed by atoms with Gasteiger partial charge in [-0.2, -0.15) is 10.5 Å². The molecule has 0 aliphatic carbocycles. The van der Waals surface area contributed by atoms with E-state index in [2.05, 4.69) is 28.4 Å². The molecule has 2 aromatic heterocycles. The zero-order valence-corrected chi connectivity index (χ0v) is 33.3. The molecule has 1 fully saturated rings. The molecule has 1 saturated heterocycles. The predicted octanol–water partition coefficient (Wildman–Crippen LogP) is 8.19. The fourth-order valence-electron chi connectivity index (χ4n) is 6.47. The van der Waals surface area contributed by atoms with Crippen LogP contribution in [0, 0.1) is 22.7 Å². The van der Waals surface area contributed by atoms with E-state index in [4.69, 9.17) is 34.6 Å². The summed E-state index contributed by atoms with van der Waals surface area (Å²) >= 11 is 0. The van der Waals surface area contributed by atoms with Crippen LogP contribution in [0.4, 0.5) is 0 Å². The van der Waals surface area contributed by atoms with Crippen LogP contribution in [0.2, 0.25) is 0 Å². The number of nitrogens with zero attached hydrogens (tertiary/aromatic N) is 5. The molecule has 4 heterocycles. The van der Waals surface area contributed by atoms with Crippen molar-refractivity contribution in [3.8, 4) is 12.1 Å². The molecule has 0 spiro atoms. The summed E-state index contributed by atoms with van der Waals surface area (Å²) in [7, 11) is -2.09. The van der Waals surface area contributed by atoms with Gasteiger partial charge in [-0.25, -0.2) is 4.99 Å². The van der Waals surface area contributed by atoms with Gasteiger partial charge in [0.2, 0.25) is 0 Å². The van der Waals surface area contributed by atoms with Crippen molar-refractivity contribution in [3.63, 3.8) is 0 Å². The number of aliphatic hydroxyl groups is 1. The summed E-state index contributed by atoms with van der Waals surface area (Å²) < 4.78 is 24.7. The maximum absolute atomic E-state index is 10.2. The van der Waals surface area contributed by atoms with Gasteiger partial charge in [0.15, 0.2) is 5.60 Å². The molecule has 0 aromatic carbocycles. The Balaban J connectivity index is 0.000000676. The topological polar surface area (TPSA) is 193 Å². The molecule has 2 aliphatic heterocycles. The molecule has 2 aromatic rings. The average Bonchev–Trinajstić information content (AvgIpc) is 3.84. The van der Waals surface area contributed by atoms with Crippen LogP contribution in [0.1, 0.15) is 158 Å². The molecule has 13 nitrogen and oxygen atoms in total. The number of aliphatic imine (C=N–C) groups is 1. The van der Waals surface area contributed by atoms with E-state index in [0.29, 0.717) is 56.2 Å². The van der Waals surface area contributed by atoms with E-state index in [0.717, 1.165) is 24.4 Å². The second kappa shape index (κ2) is 27.5. The van der Waals surface area contributed by atoms with E-state index in [1.807, 2.05) is 22.9 Å². The van der Waals surface area contributed by atoms with Gasteiger partial charge >= 0.3 is 8.60 Å². The van der Waals surface area contributed by atoms with Gasteiger partial charge in [-0.1, -0.05) is 103 Å². The molecule has 3 unspecified atom stereocenters. The Morgan fingerprint density at radius 2 is 1.56 bits per heavy atom. The van der Waals surface area contributed by atoms with E-state index in [1.54, 1.807) is 12.1 Å². The number of nitriles is 2. The number of nitrogens with two attached hydrogens (primary N) is 1. The molecular formula is C40H64N7O6P. The summed E-state index contributed by atoms with van der Waals surface area (Å²) in [5, 5.41) is 26.7. The smallest absolute Gasteiger partial charge is 0.329 e. The minimum Gasteiger partial charge on any atom is -0.390 e. The first-order valence-electron chi connectivity index (χ1n) is 20.1. The van der Waals surface area contributed by atoms with E-state index in [9.17, 15) is 10.2 Å². The van der Waals surface area contributed by atoms with Gasteiger partial charge in [0.25, 0.3) is 0 Å². The number of nitrogens with one attached hydrogen (secondary N) is 1. The van der Waals surface area contributed by atoms with E-state index in [-0.39, 0.29) is 19.3 Å². The van der Waals surface area contributed by atoms with Gasteiger partial charge in [-0.15, -0.1) is 0 Å². The molecule has 5 N–H and O–H groups in total. The van der Waals surface area contributed by atoms with Gasteiger partial charge < -0.3 is 39.7 Å². The second-order valence-corrected chi connectivity index (χ2v) is 15.0. The van der Waals surface area contributed by atoms with Crippen molar-refractivity contribution in [1.29, 1.82) is 10.5 Å². The highest BCUT2D eigenvalue weighted by Gasteiger charge is 2.43. The van der Waals surface area contributed by atoms with Crippen molar-refractivity contribution in [2.24, 2.45) is 10.7 Å². The van der Waals surface area contributed by atoms with Gasteiger partial charge in [-0.3, -0.25) is 9.66 Å². The van der Waals surface area contributed by atoms with E-state index < -0.39 is 14.2 Å². The van der Waals surface area contributed by atoms with Crippen LogP contribution in [-0.2, 0) is 25.1 Å². The standard InChI is InChI=1S/C33H58N5O5P.C7H6N2O/c1-2-3-4-5-6-7-8-9-10-11-12-13-14-15-16-17-23-40-24-18-25-41-44(39)42-27-33(26-34)22-21-31(43-33)29-19-20-30-32(35)36-28-37-38(29)30;8-3-6-1-2-7(5-10)9-4-6/h19-20,31,37,39H,2-18,21-25,27-28H2,1H3,(H2,35,36);1-2,4,10H,5H2. The second-order valence-electron chi connectivity index (χ2n) is 14.0. The lowest BCUT2D eigenvalue weighted by Gasteiger charge is -2.24. The molecular weight excluding hydrogens is 705 g/mol. The van der Waals surface area contributed by atoms with Gasteiger partial charge in [-0.05, 0) is 49.9 Å². The van der Waals surface area contributed by atoms with Crippen LogP contribution in [0.15, 0.2) is 35.5 Å². The largest absolute Gasteiger partial charge is 0.390 e. The van der Waals surface area contributed by atoms with Crippen LogP contribution in [-0.4, -0.2) is 64.2 Å². The molecule has 0 bridgehead atoms. The van der Waals surface area contributed by atoms with Crippen molar-refractivity contribution in [2.75, 3.05) is 38.5 Å². The number of aliphatic hydroxyl groups excluding tert-OH is 1. The van der Waals surface area contributed by atoms with Crippen molar-refractivity contribution < 1.29 is 28.5 Å². The van der Waals surface area contributed by atoms with Crippen molar-refractivity contribution in [3.05, 3.63) is 53.1 Å². The fourth-order valence-corrected chi connectivity index (χ4v) is 7.15. The highest BCUT2D eigenvalue weighted by molar-refractivity contribution is 7.40. The summed E-state index contributed by atoms with van der Waals surface area (Å²) in [5.74, 6) is 0.469. The van der Waals surface area contributed by atoms with Crippen molar-refractivity contribution in [2.45, 2.75) is 147 Å². The molecule has 0 radical (unpaired) electrons. The molecule has 0 saturated carbocycles. The summed E-state index contributed by atoms with van der Waals surface area (Å²) in [6.45, 7) is 4.24. The van der Waals surface area contributed by atoms with Crippen molar-refractivity contribution in [1.82, 2.24) is 9.66 Å². The van der Waals surface area contributed by atoms with Gasteiger partial charge in [0.05, 0.1) is 36.8 Å². The van der Waals surface area contributed by atoms with Gasteiger partial charge in [0.1, 0.15) is 36.4 Å². The third kappa shape index (κ3) is 17.1. The number of hydrogen-bond acceptors (Lipinski definition) is 12. The molecule has 3 atom stereocenters. The summed E-state index contributed by atoms with van der Waals surface area (Å²) in [6, 6.07) is 11.2. The number of ether oxygens (including phenoxy) is 2. The maximum atomic E-state index is 10.2. The third-order valence-electron chi connectivity index (χ3n) is 9.66. The number of amidine groups is 1. The first-order chi connectivity index (χ1) is 26.4. The van der Waals surface area contributed by atoms with Gasteiger partial charge in [0, 0.05) is 19.4 Å². The van der Waals surface area contributed by atoms with Crippen LogP contribution in [0.3, 0.4) is 0 Å². The summed E-state index contributed by atoms with van der Waals surface area (Å²) in [4.78, 5) is 18.2. The summed E-state index contributed by atoms with van der Waals surface area (Å²) in [5.41, 5.74) is 10.8. The van der Waals surface area contributed by atoms with Crippen LogP contribution in [0.5, 0.6) is 0 Å². The zero-order chi connectivity index (χ0) is 38.7. The van der Waals surface area contributed by atoms with Crippen LogP contribution in [0.25, 0.3) is 0 Å². The van der Waals surface area contributed by atoms with E-state index >= 15 is 0 Å². The molecule has 54 heavy (non-hydrogen) atoms. The third-order valence-corrected chi connectivity index (χ3v) is 10.4. The predicted molar refractivity (Wildman–Crippen MR) is 212 cm³/mol. The lowest BCUT2D eigenvalue weighted by molar-refractivity contribution is -0.0362. The average molecular weight is 770 g/mol. The van der Waals surface area contributed by atoms with Crippen LogP contribution >= 0.6 is 8.60 Å². The lowest BCUT2D eigenvalue weighted by atomic mass is 10.0. The molecule has 300 valence electrons. The first kappa shape index (κ1) is 45.3. The number of aromatic nitrogens is 2. The quantitative estimate of drug-likeness (QED) is 0.0506. The highest BCUT2D eigenvalue weighted by atomic mass is 31.2. The Labute approximate surface area is 324 Å². The lowest BCUT2D eigenvalue weighted by Crippen LogP contribution is -2.34. The molecule has 0 amide bonds. The Morgan fingerprint density at radius 3 is 2.15 bits per heavy atom. The van der Waals surface area contributed by atoms with Crippen LogP contribution < -0.4 is 11.2 Å². The Hall–Kier alpha value is -3.13. The monoisotopic (exact) mass is 769 g/mol. The Bertz CT molecular complexity index is 1410. The SMILES string of the molecule is CCCCCCCCCCCCCCCCCCOCCCOP(O)OCC1(C#N)CCC(c2ccc3n2NCN=C3N)O1.N#Cc1ccc(CO)nc1. The number of unbranched alkanes of at least 4 members (excludes halogenated alkanes) is 15.